The van der Waals surface area contributed by atoms with Gasteiger partial charge < -0.3 is 10.1 Å². The number of rotatable bonds is 6. The van der Waals surface area contributed by atoms with Crippen molar-refractivity contribution in [2.24, 2.45) is 0 Å². The van der Waals surface area contributed by atoms with Crippen molar-refractivity contribution in [2.45, 2.75) is 26.3 Å². The third-order valence-corrected chi connectivity index (χ3v) is 3.37. The number of methoxy groups -OCH3 is 1. The maximum absolute atomic E-state index is 4.97. The molecule has 1 rings (SSSR count). The number of nitrogens with zero attached hydrogens (tertiary/aromatic N) is 1. The minimum Gasteiger partial charge on any atom is -0.383 e. The Hall–Kier alpha value is -0.450. The van der Waals surface area contributed by atoms with E-state index in [4.69, 9.17) is 4.74 Å². The summed E-state index contributed by atoms with van der Waals surface area (Å²) in [4.78, 5) is 5.73. The first-order valence-electron chi connectivity index (χ1n) is 4.94. The molecule has 0 radical (unpaired) electrons. The lowest BCUT2D eigenvalue weighted by atomic mass is 10.3. The van der Waals surface area contributed by atoms with E-state index in [2.05, 4.69) is 24.1 Å². The van der Waals surface area contributed by atoms with Crippen LogP contribution in [0.4, 0.5) is 0 Å². The van der Waals surface area contributed by atoms with E-state index < -0.39 is 0 Å². The van der Waals surface area contributed by atoms with Crippen LogP contribution >= 0.6 is 11.3 Å². The van der Waals surface area contributed by atoms with Gasteiger partial charge in [0.25, 0.3) is 0 Å². The second-order valence-electron chi connectivity index (χ2n) is 3.19. The van der Waals surface area contributed by atoms with Gasteiger partial charge in [0.2, 0.25) is 0 Å². The molecule has 0 aromatic carbocycles. The molecule has 0 amide bonds. The van der Waals surface area contributed by atoms with Crippen LogP contribution in [0.3, 0.4) is 0 Å². The predicted octanol–water partition coefficient (Wildman–Crippen LogP) is 2.00. The quantitative estimate of drug-likeness (QED) is 0.735. The largest absolute Gasteiger partial charge is 0.383 e. The zero-order chi connectivity index (χ0) is 10.4. The molecular formula is C10H18N2OS. The van der Waals surface area contributed by atoms with Gasteiger partial charge in [-0.05, 0) is 13.3 Å². The number of thiazole rings is 1. The zero-order valence-electron chi connectivity index (χ0n) is 9.04. The fraction of sp³-hybridized carbons (Fsp3) is 0.700. The van der Waals surface area contributed by atoms with Gasteiger partial charge in [-0.15, -0.1) is 11.3 Å². The zero-order valence-corrected chi connectivity index (χ0v) is 9.86. The molecule has 0 aliphatic carbocycles. The Labute approximate surface area is 89.5 Å². The number of ether oxygens (including phenoxy) is 1. The van der Waals surface area contributed by atoms with E-state index in [9.17, 15) is 0 Å². The SMILES string of the molecule is CCc1cnc(C(C)NCCOC)s1. The molecule has 0 fully saturated rings. The molecule has 80 valence electrons. The van der Waals surface area contributed by atoms with Crippen LogP contribution in [-0.4, -0.2) is 25.2 Å². The fourth-order valence-corrected chi connectivity index (χ4v) is 2.03. The Morgan fingerprint density at radius 1 is 1.64 bits per heavy atom. The van der Waals surface area contributed by atoms with Crippen LogP contribution in [0.15, 0.2) is 6.20 Å². The maximum atomic E-state index is 4.97. The average molecular weight is 214 g/mol. The van der Waals surface area contributed by atoms with Crippen molar-refractivity contribution < 1.29 is 4.74 Å². The third-order valence-electron chi connectivity index (χ3n) is 2.05. The summed E-state index contributed by atoms with van der Waals surface area (Å²) in [6.07, 6.45) is 3.04. The summed E-state index contributed by atoms with van der Waals surface area (Å²) < 4.78 is 4.97. The molecule has 0 aliphatic rings. The topological polar surface area (TPSA) is 34.2 Å². The summed E-state index contributed by atoms with van der Waals surface area (Å²) in [7, 11) is 1.71. The molecule has 0 saturated carbocycles. The molecule has 1 aromatic rings. The van der Waals surface area contributed by atoms with Crippen LogP contribution in [-0.2, 0) is 11.2 Å². The van der Waals surface area contributed by atoms with E-state index in [1.165, 1.54) is 4.88 Å². The highest BCUT2D eigenvalue weighted by Gasteiger charge is 2.08. The van der Waals surface area contributed by atoms with Crippen LogP contribution in [0.25, 0.3) is 0 Å². The highest BCUT2D eigenvalue weighted by Crippen LogP contribution is 2.19. The highest BCUT2D eigenvalue weighted by molar-refractivity contribution is 7.11. The Morgan fingerprint density at radius 3 is 3.00 bits per heavy atom. The molecule has 0 aliphatic heterocycles. The molecule has 14 heavy (non-hydrogen) atoms. The minimum absolute atomic E-state index is 0.329. The van der Waals surface area contributed by atoms with Gasteiger partial charge in [0.05, 0.1) is 12.6 Å². The van der Waals surface area contributed by atoms with Crippen molar-refractivity contribution in [3.8, 4) is 0 Å². The van der Waals surface area contributed by atoms with Crippen molar-refractivity contribution in [1.29, 1.82) is 0 Å². The lowest BCUT2D eigenvalue weighted by molar-refractivity contribution is 0.196. The molecule has 0 spiro atoms. The monoisotopic (exact) mass is 214 g/mol. The molecule has 0 saturated heterocycles. The van der Waals surface area contributed by atoms with Crippen LogP contribution in [0.2, 0.25) is 0 Å². The Bertz CT molecular complexity index is 262. The molecule has 4 heteroatoms. The summed E-state index contributed by atoms with van der Waals surface area (Å²) >= 11 is 1.78. The van der Waals surface area contributed by atoms with Gasteiger partial charge in [-0.3, -0.25) is 0 Å². The van der Waals surface area contributed by atoms with Gasteiger partial charge in [0.15, 0.2) is 0 Å². The van der Waals surface area contributed by atoms with Gasteiger partial charge in [0.1, 0.15) is 5.01 Å². The van der Waals surface area contributed by atoms with Gasteiger partial charge >= 0.3 is 0 Å². The van der Waals surface area contributed by atoms with Gasteiger partial charge in [-0.1, -0.05) is 6.92 Å². The Balaban J connectivity index is 2.39. The molecule has 1 heterocycles. The van der Waals surface area contributed by atoms with Gasteiger partial charge in [-0.25, -0.2) is 4.98 Å². The van der Waals surface area contributed by atoms with Gasteiger partial charge in [-0.2, -0.15) is 0 Å². The van der Waals surface area contributed by atoms with Gasteiger partial charge in [0, 0.05) is 24.7 Å². The van der Waals surface area contributed by atoms with E-state index in [1.807, 2.05) is 6.20 Å². The first-order valence-corrected chi connectivity index (χ1v) is 5.76. The lowest BCUT2D eigenvalue weighted by Crippen LogP contribution is -2.22. The number of nitrogens with one attached hydrogen (secondary N) is 1. The van der Waals surface area contributed by atoms with Crippen LogP contribution < -0.4 is 5.32 Å². The average Bonchev–Trinajstić information content (AvgIpc) is 2.66. The van der Waals surface area contributed by atoms with Crippen molar-refractivity contribution in [3.63, 3.8) is 0 Å². The summed E-state index contributed by atoms with van der Waals surface area (Å²) in [5.41, 5.74) is 0. The van der Waals surface area contributed by atoms with E-state index in [0.717, 1.165) is 24.6 Å². The summed E-state index contributed by atoms with van der Waals surface area (Å²) in [6.45, 7) is 5.91. The van der Waals surface area contributed by atoms with E-state index in [-0.39, 0.29) is 0 Å². The maximum Gasteiger partial charge on any atom is 0.109 e. The summed E-state index contributed by atoms with van der Waals surface area (Å²) in [5.74, 6) is 0. The molecular weight excluding hydrogens is 196 g/mol. The highest BCUT2D eigenvalue weighted by atomic mass is 32.1. The first kappa shape index (κ1) is 11.6. The second-order valence-corrected chi connectivity index (χ2v) is 4.33. The second kappa shape index (κ2) is 6.11. The normalized spacial score (nSPS) is 13.1. The third kappa shape index (κ3) is 3.36. The van der Waals surface area contributed by atoms with Crippen molar-refractivity contribution in [1.82, 2.24) is 10.3 Å². The van der Waals surface area contributed by atoms with Crippen molar-refractivity contribution >= 4 is 11.3 Å². The number of aromatic nitrogens is 1. The molecule has 1 unspecified atom stereocenters. The molecule has 0 bridgehead atoms. The summed E-state index contributed by atoms with van der Waals surface area (Å²) in [6, 6.07) is 0.329. The van der Waals surface area contributed by atoms with Crippen molar-refractivity contribution in [2.75, 3.05) is 20.3 Å². The lowest BCUT2D eigenvalue weighted by Gasteiger charge is -2.09. The Kier molecular flexibility index (Phi) is 5.07. The Morgan fingerprint density at radius 2 is 2.43 bits per heavy atom. The van der Waals surface area contributed by atoms with Crippen LogP contribution in [0.1, 0.15) is 29.8 Å². The van der Waals surface area contributed by atoms with E-state index >= 15 is 0 Å². The predicted molar refractivity (Wildman–Crippen MR) is 59.8 cm³/mol. The van der Waals surface area contributed by atoms with Crippen molar-refractivity contribution in [3.05, 3.63) is 16.1 Å². The number of hydrogen-bond acceptors (Lipinski definition) is 4. The van der Waals surface area contributed by atoms with E-state index in [0.29, 0.717) is 6.04 Å². The molecule has 1 aromatic heterocycles. The van der Waals surface area contributed by atoms with Crippen LogP contribution in [0.5, 0.6) is 0 Å². The molecule has 1 N–H and O–H groups in total. The first-order chi connectivity index (χ1) is 6.77. The molecule has 1 atom stereocenters. The van der Waals surface area contributed by atoms with Crippen LogP contribution in [0, 0.1) is 0 Å². The summed E-state index contributed by atoms with van der Waals surface area (Å²) in [5, 5.41) is 4.52. The number of hydrogen-bond donors (Lipinski definition) is 1. The molecule has 3 nitrogen and oxygen atoms in total. The van der Waals surface area contributed by atoms with E-state index in [1.54, 1.807) is 18.4 Å². The standard InChI is InChI=1S/C10H18N2OS/c1-4-9-7-12-10(14-9)8(2)11-5-6-13-3/h7-8,11H,4-6H2,1-3H3. The minimum atomic E-state index is 0.329. The smallest absolute Gasteiger partial charge is 0.109 e. The fourth-order valence-electron chi connectivity index (χ4n) is 1.15. The number of aryl methyl sites for hydroxylation is 1.